The Morgan fingerprint density at radius 3 is 2.19 bits per heavy atom. The summed E-state index contributed by atoms with van der Waals surface area (Å²) in [6.07, 6.45) is 0. The molecule has 0 amide bonds. The van der Waals surface area contributed by atoms with Crippen molar-refractivity contribution in [3.8, 4) is 17.1 Å². The summed E-state index contributed by atoms with van der Waals surface area (Å²) in [6.45, 7) is 14.5. The second-order valence-electron chi connectivity index (χ2n) is 4.54. The molecule has 1 N–H and O–H groups in total. The topological polar surface area (TPSA) is 34.4 Å². The Balaban J connectivity index is 0.000000477. The fourth-order valence-corrected chi connectivity index (χ4v) is 3.02. The van der Waals surface area contributed by atoms with Crippen LogP contribution >= 0.6 is 35.6 Å². The maximum Gasteiger partial charge on any atom is 0.138 e. The molecule has 0 atom stereocenters. The Morgan fingerprint density at radius 2 is 1.85 bits per heavy atom. The highest BCUT2D eigenvalue weighted by Crippen LogP contribution is 2.30. The second kappa shape index (κ2) is 13.7. The van der Waals surface area contributed by atoms with Gasteiger partial charge in [0.1, 0.15) is 21.6 Å². The lowest BCUT2D eigenvalue weighted by Crippen LogP contribution is -2.09. The van der Waals surface area contributed by atoms with Gasteiger partial charge in [-0.05, 0) is 37.3 Å². The van der Waals surface area contributed by atoms with Crippen LogP contribution in [0.4, 0.5) is 0 Å². The van der Waals surface area contributed by atoms with Crippen molar-refractivity contribution in [3.63, 3.8) is 0 Å². The number of rotatable bonds is 2. The first-order valence-electron chi connectivity index (χ1n) is 8.53. The van der Waals surface area contributed by atoms with E-state index in [-0.39, 0.29) is 0 Å². The number of ether oxygens (including phenoxy) is 1. The zero-order valence-electron chi connectivity index (χ0n) is 16.3. The Labute approximate surface area is 172 Å². The summed E-state index contributed by atoms with van der Waals surface area (Å²) in [5.41, 5.74) is 0.953. The zero-order valence-corrected chi connectivity index (χ0v) is 18.7. The monoisotopic (exact) mass is 413 g/mol. The predicted octanol–water partition coefficient (Wildman–Crippen LogP) is 7.09. The average molecular weight is 414 g/mol. The zero-order chi connectivity index (χ0) is 20.1. The molecular weight excluding hydrogens is 386 g/mol. The lowest BCUT2D eigenvalue weighted by Gasteiger charge is -2.03. The van der Waals surface area contributed by atoms with Gasteiger partial charge in [-0.2, -0.15) is 0 Å². The molecule has 6 heteroatoms. The quantitative estimate of drug-likeness (QED) is 0.531. The van der Waals surface area contributed by atoms with Gasteiger partial charge in [0.15, 0.2) is 0 Å². The van der Waals surface area contributed by atoms with Gasteiger partial charge in [0.05, 0.1) is 12.1 Å². The lowest BCUT2D eigenvalue weighted by atomic mass is 10.2. The second-order valence-corrected chi connectivity index (χ2v) is 6.80. The molecule has 2 aromatic rings. The summed E-state index contributed by atoms with van der Waals surface area (Å²) in [7, 11) is 1.60. The smallest absolute Gasteiger partial charge is 0.138 e. The standard InChI is InChI=1S/C12H11ClO2.C4H5NS2.2C2H6/c1-8-3-5-11(15-8)9-4-6-12(14-2)10(13)7-9;1-3-2-5-4(6)7-3;2*1-2/h3-7H,1-2H3;1-2H2,(H,5,6);2*1-2H3. The number of benzene rings is 1. The number of furan rings is 1. The van der Waals surface area contributed by atoms with E-state index in [1.54, 1.807) is 18.9 Å². The number of thiocarbonyl (C=S) groups is 1. The Kier molecular flexibility index (Phi) is 13.0. The molecule has 1 aliphatic rings. The van der Waals surface area contributed by atoms with Gasteiger partial charge in [-0.15, -0.1) is 0 Å². The van der Waals surface area contributed by atoms with Crippen molar-refractivity contribution >= 4 is 39.9 Å². The Bertz CT molecular complexity index is 685. The van der Waals surface area contributed by atoms with Crippen LogP contribution in [-0.4, -0.2) is 18.0 Å². The molecule has 0 saturated carbocycles. The van der Waals surface area contributed by atoms with E-state index in [2.05, 4.69) is 11.9 Å². The van der Waals surface area contributed by atoms with Crippen LogP contribution < -0.4 is 10.1 Å². The third kappa shape index (κ3) is 8.30. The number of aryl methyl sites for hydroxylation is 1. The van der Waals surface area contributed by atoms with Gasteiger partial charge in [0.2, 0.25) is 0 Å². The predicted molar refractivity (Wildman–Crippen MR) is 120 cm³/mol. The van der Waals surface area contributed by atoms with Crippen LogP contribution in [0, 0.1) is 6.92 Å². The molecule has 144 valence electrons. The third-order valence-corrected chi connectivity index (χ3v) is 4.30. The highest BCUT2D eigenvalue weighted by molar-refractivity contribution is 8.25. The molecule has 0 aliphatic carbocycles. The molecule has 1 aromatic heterocycles. The van der Waals surface area contributed by atoms with E-state index in [1.165, 1.54) is 0 Å². The van der Waals surface area contributed by atoms with Crippen molar-refractivity contribution < 1.29 is 9.15 Å². The van der Waals surface area contributed by atoms with Crippen LogP contribution in [0.5, 0.6) is 5.75 Å². The van der Waals surface area contributed by atoms with Gasteiger partial charge in [0, 0.05) is 17.0 Å². The largest absolute Gasteiger partial charge is 0.495 e. The van der Waals surface area contributed by atoms with Crippen LogP contribution in [0.25, 0.3) is 11.3 Å². The van der Waals surface area contributed by atoms with Crippen molar-refractivity contribution in [1.29, 1.82) is 0 Å². The third-order valence-electron chi connectivity index (χ3n) is 2.84. The molecule has 1 aliphatic heterocycles. The van der Waals surface area contributed by atoms with E-state index in [4.69, 9.17) is 33.0 Å². The summed E-state index contributed by atoms with van der Waals surface area (Å²) in [5.74, 6) is 2.37. The van der Waals surface area contributed by atoms with Crippen molar-refractivity contribution in [1.82, 2.24) is 5.32 Å². The fraction of sp³-hybridized carbons (Fsp3) is 0.350. The summed E-state index contributed by atoms with van der Waals surface area (Å²) in [4.78, 5) is 1.12. The number of thioether (sulfide) groups is 1. The lowest BCUT2D eigenvalue weighted by molar-refractivity contribution is 0.415. The van der Waals surface area contributed by atoms with Crippen LogP contribution in [0.2, 0.25) is 5.02 Å². The van der Waals surface area contributed by atoms with E-state index in [1.807, 2.05) is 65.0 Å². The van der Waals surface area contributed by atoms with Crippen molar-refractivity contribution in [2.45, 2.75) is 34.6 Å². The number of hydrogen-bond acceptors (Lipinski definition) is 4. The van der Waals surface area contributed by atoms with Crippen LogP contribution in [0.15, 0.2) is 46.2 Å². The summed E-state index contributed by atoms with van der Waals surface area (Å²) in [5, 5.41) is 3.55. The van der Waals surface area contributed by atoms with Gasteiger partial charge in [0.25, 0.3) is 0 Å². The fourth-order valence-electron chi connectivity index (χ4n) is 1.78. The van der Waals surface area contributed by atoms with Gasteiger partial charge < -0.3 is 14.5 Å². The highest BCUT2D eigenvalue weighted by Gasteiger charge is 2.08. The molecule has 3 rings (SSSR count). The maximum atomic E-state index is 6.02. The summed E-state index contributed by atoms with van der Waals surface area (Å²) >= 11 is 12.4. The van der Waals surface area contributed by atoms with Gasteiger partial charge in [-0.25, -0.2) is 0 Å². The molecule has 0 bridgehead atoms. The van der Waals surface area contributed by atoms with Gasteiger partial charge >= 0.3 is 0 Å². The first-order chi connectivity index (χ1) is 12.5. The molecule has 1 saturated heterocycles. The minimum atomic E-state index is 0.587. The molecule has 0 unspecified atom stereocenters. The molecule has 0 radical (unpaired) electrons. The molecule has 26 heavy (non-hydrogen) atoms. The van der Waals surface area contributed by atoms with E-state index < -0.39 is 0 Å². The maximum absolute atomic E-state index is 6.02. The Morgan fingerprint density at radius 1 is 1.19 bits per heavy atom. The molecule has 1 fully saturated rings. The van der Waals surface area contributed by atoms with Gasteiger partial charge in [-0.1, -0.05) is 69.9 Å². The number of nitrogens with one attached hydrogen (secondary N) is 1. The first-order valence-corrected chi connectivity index (χ1v) is 10.1. The highest BCUT2D eigenvalue weighted by atomic mass is 35.5. The minimum absolute atomic E-state index is 0.587. The van der Waals surface area contributed by atoms with E-state index >= 15 is 0 Å². The first kappa shape index (κ1) is 24.6. The van der Waals surface area contributed by atoms with Crippen LogP contribution in [-0.2, 0) is 0 Å². The van der Waals surface area contributed by atoms with Crippen LogP contribution in [0.1, 0.15) is 33.5 Å². The molecule has 1 aromatic carbocycles. The normalized spacial score (nSPS) is 11.8. The van der Waals surface area contributed by atoms with E-state index in [0.29, 0.717) is 10.8 Å². The van der Waals surface area contributed by atoms with E-state index in [0.717, 1.165) is 32.9 Å². The van der Waals surface area contributed by atoms with Gasteiger partial charge in [-0.3, -0.25) is 0 Å². The molecule has 0 spiro atoms. The average Bonchev–Trinajstić information content (AvgIpc) is 3.26. The minimum Gasteiger partial charge on any atom is -0.495 e. The van der Waals surface area contributed by atoms with Crippen molar-refractivity contribution in [2.75, 3.05) is 13.7 Å². The number of hydrogen-bond donors (Lipinski definition) is 1. The van der Waals surface area contributed by atoms with Crippen molar-refractivity contribution in [3.05, 3.63) is 52.6 Å². The SMILES string of the molecule is C=C1CNC(=S)S1.CC.CC.COc1ccc(-c2ccc(C)o2)cc1Cl. The molecule has 3 nitrogen and oxygen atoms in total. The Hall–Kier alpha value is -1.43. The number of methoxy groups -OCH3 is 1. The summed E-state index contributed by atoms with van der Waals surface area (Å²) in [6, 6.07) is 9.43. The van der Waals surface area contributed by atoms with Crippen LogP contribution in [0.3, 0.4) is 0 Å². The summed E-state index contributed by atoms with van der Waals surface area (Å²) < 4.78 is 11.4. The van der Waals surface area contributed by atoms with Crippen molar-refractivity contribution in [2.24, 2.45) is 0 Å². The molecular formula is C20H28ClNO2S2. The van der Waals surface area contributed by atoms with E-state index in [9.17, 15) is 0 Å². The number of halogens is 1. The molecule has 2 heterocycles.